The van der Waals surface area contributed by atoms with Crippen LogP contribution in [0.25, 0.3) is 0 Å². The Bertz CT molecular complexity index is 504. The molecule has 7 nitrogen and oxygen atoms in total. The summed E-state index contributed by atoms with van der Waals surface area (Å²) >= 11 is 0. The number of aliphatic hydroxyl groups excluding tert-OH is 1. The van der Waals surface area contributed by atoms with E-state index in [9.17, 15) is 14.9 Å². The molecule has 0 aromatic heterocycles. The van der Waals surface area contributed by atoms with Gasteiger partial charge in [0.15, 0.2) is 0 Å². The highest BCUT2D eigenvalue weighted by Gasteiger charge is 2.23. The minimum absolute atomic E-state index is 0.00183. The zero-order valence-electron chi connectivity index (χ0n) is 11.4. The second-order valence-electron chi connectivity index (χ2n) is 4.70. The van der Waals surface area contributed by atoms with E-state index in [2.05, 4.69) is 5.32 Å². The SMILES string of the molecule is CC(CO)C(C)NCc1cccc([N+](=O)[O-])c1C(=O)O. The second kappa shape index (κ2) is 6.97. The molecule has 20 heavy (non-hydrogen) atoms. The summed E-state index contributed by atoms with van der Waals surface area (Å²) in [5.74, 6) is -1.32. The van der Waals surface area contributed by atoms with E-state index in [0.29, 0.717) is 5.56 Å². The number of benzene rings is 1. The van der Waals surface area contributed by atoms with Crippen LogP contribution in [0.2, 0.25) is 0 Å². The molecule has 110 valence electrons. The Labute approximate surface area is 116 Å². The topological polar surface area (TPSA) is 113 Å². The Balaban J connectivity index is 2.98. The molecule has 2 unspecified atom stereocenters. The molecule has 0 radical (unpaired) electrons. The smallest absolute Gasteiger partial charge is 0.343 e. The number of carboxylic acids is 1. The van der Waals surface area contributed by atoms with Gasteiger partial charge in [-0.05, 0) is 18.4 Å². The summed E-state index contributed by atoms with van der Waals surface area (Å²) in [4.78, 5) is 21.4. The summed E-state index contributed by atoms with van der Waals surface area (Å²) in [6.07, 6.45) is 0. The Hall–Kier alpha value is -1.99. The van der Waals surface area contributed by atoms with E-state index in [4.69, 9.17) is 10.2 Å². The largest absolute Gasteiger partial charge is 0.477 e. The van der Waals surface area contributed by atoms with Crippen LogP contribution in [0.3, 0.4) is 0 Å². The summed E-state index contributed by atoms with van der Waals surface area (Å²) in [5, 5.41) is 32.1. The van der Waals surface area contributed by atoms with E-state index < -0.39 is 16.6 Å². The van der Waals surface area contributed by atoms with E-state index in [-0.39, 0.29) is 30.7 Å². The molecule has 0 aliphatic carbocycles. The van der Waals surface area contributed by atoms with E-state index in [1.165, 1.54) is 12.1 Å². The standard InChI is InChI=1S/C13H18N2O5/c1-8(7-16)9(2)14-6-10-4-3-5-11(15(19)20)12(10)13(17)18/h3-5,8-9,14,16H,6-7H2,1-2H3,(H,17,18). The van der Waals surface area contributed by atoms with Gasteiger partial charge >= 0.3 is 5.97 Å². The first-order valence-corrected chi connectivity index (χ1v) is 6.22. The third kappa shape index (κ3) is 3.75. The minimum atomic E-state index is -1.32. The van der Waals surface area contributed by atoms with Gasteiger partial charge in [-0.15, -0.1) is 0 Å². The summed E-state index contributed by atoms with van der Waals surface area (Å²) in [5.41, 5.74) is -0.364. The first-order valence-electron chi connectivity index (χ1n) is 6.22. The highest BCUT2D eigenvalue weighted by atomic mass is 16.6. The number of carbonyl (C=O) groups is 1. The Morgan fingerprint density at radius 1 is 1.45 bits per heavy atom. The number of aromatic carboxylic acids is 1. The summed E-state index contributed by atoms with van der Waals surface area (Å²) in [7, 11) is 0. The number of hydrogen-bond acceptors (Lipinski definition) is 5. The molecule has 0 bridgehead atoms. The van der Waals surface area contributed by atoms with Crippen molar-refractivity contribution >= 4 is 11.7 Å². The second-order valence-corrected chi connectivity index (χ2v) is 4.70. The van der Waals surface area contributed by atoms with Gasteiger partial charge in [-0.3, -0.25) is 10.1 Å². The number of nitrogens with one attached hydrogen (secondary N) is 1. The van der Waals surface area contributed by atoms with Crippen LogP contribution < -0.4 is 5.32 Å². The molecule has 0 saturated heterocycles. The lowest BCUT2D eigenvalue weighted by Gasteiger charge is -2.19. The average Bonchev–Trinajstić information content (AvgIpc) is 2.42. The molecule has 0 fully saturated rings. The first-order chi connectivity index (χ1) is 9.38. The van der Waals surface area contributed by atoms with Crippen LogP contribution in [-0.4, -0.2) is 33.8 Å². The molecule has 1 aromatic rings. The fraction of sp³-hybridized carbons (Fsp3) is 0.462. The molecule has 3 N–H and O–H groups in total. The van der Waals surface area contributed by atoms with Crippen LogP contribution in [0.1, 0.15) is 29.8 Å². The number of aliphatic hydroxyl groups is 1. The predicted molar refractivity (Wildman–Crippen MR) is 72.6 cm³/mol. The van der Waals surface area contributed by atoms with Crippen LogP contribution in [0.4, 0.5) is 5.69 Å². The van der Waals surface area contributed by atoms with Crippen molar-refractivity contribution in [3.05, 3.63) is 39.4 Å². The number of nitrogens with zero attached hydrogens (tertiary/aromatic N) is 1. The molecule has 0 aliphatic rings. The van der Waals surface area contributed by atoms with Crippen molar-refractivity contribution in [3.63, 3.8) is 0 Å². The number of carboxylic acid groups (broad SMARTS) is 1. The van der Waals surface area contributed by atoms with Gasteiger partial charge in [0.1, 0.15) is 5.56 Å². The van der Waals surface area contributed by atoms with Crippen LogP contribution >= 0.6 is 0 Å². The van der Waals surface area contributed by atoms with Gasteiger partial charge in [0.05, 0.1) is 4.92 Å². The fourth-order valence-corrected chi connectivity index (χ4v) is 1.76. The van der Waals surface area contributed by atoms with E-state index >= 15 is 0 Å². The molecule has 0 aliphatic heterocycles. The van der Waals surface area contributed by atoms with Gasteiger partial charge in [-0.25, -0.2) is 4.79 Å². The minimum Gasteiger partial charge on any atom is -0.477 e. The molecule has 0 saturated carbocycles. The van der Waals surface area contributed by atoms with Crippen molar-refractivity contribution < 1.29 is 19.9 Å². The van der Waals surface area contributed by atoms with E-state index in [1.807, 2.05) is 13.8 Å². The zero-order valence-corrected chi connectivity index (χ0v) is 11.4. The maximum Gasteiger partial charge on any atom is 0.343 e. The summed E-state index contributed by atoms with van der Waals surface area (Å²) in [6, 6.07) is 4.13. The number of nitro groups is 1. The van der Waals surface area contributed by atoms with Crippen LogP contribution in [0.5, 0.6) is 0 Å². The van der Waals surface area contributed by atoms with Gasteiger partial charge in [0.2, 0.25) is 0 Å². The molecule has 1 aromatic carbocycles. The molecular weight excluding hydrogens is 264 g/mol. The number of nitro benzene ring substituents is 1. The lowest BCUT2D eigenvalue weighted by molar-refractivity contribution is -0.385. The van der Waals surface area contributed by atoms with Gasteiger partial charge in [0.25, 0.3) is 5.69 Å². The Kier molecular flexibility index (Phi) is 5.60. The average molecular weight is 282 g/mol. The summed E-state index contributed by atoms with van der Waals surface area (Å²) < 4.78 is 0. The molecule has 0 amide bonds. The molecule has 2 atom stereocenters. The van der Waals surface area contributed by atoms with Gasteiger partial charge in [-0.1, -0.05) is 19.1 Å². The van der Waals surface area contributed by atoms with Crippen molar-refractivity contribution in [2.24, 2.45) is 5.92 Å². The van der Waals surface area contributed by atoms with Crippen molar-refractivity contribution in [1.82, 2.24) is 5.32 Å². The molecular formula is C13H18N2O5. The van der Waals surface area contributed by atoms with Crippen LogP contribution in [0, 0.1) is 16.0 Å². The maximum atomic E-state index is 11.2. The van der Waals surface area contributed by atoms with E-state index in [0.717, 1.165) is 0 Å². The van der Waals surface area contributed by atoms with Crippen molar-refractivity contribution in [2.75, 3.05) is 6.61 Å². The third-order valence-corrected chi connectivity index (χ3v) is 3.30. The summed E-state index contributed by atoms with van der Waals surface area (Å²) in [6.45, 7) is 3.91. The zero-order chi connectivity index (χ0) is 15.3. The lowest BCUT2D eigenvalue weighted by Crippen LogP contribution is -2.33. The third-order valence-electron chi connectivity index (χ3n) is 3.30. The normalized spacial score (nSPS) is 13.8. The van der Waals surface area contributed by atoms with Gasteiger partial charge < -0.3 is 15.5 Å². The number of hydrogen-bond donors (Lipinski definition) is 3. The lowest BCUT2D eigenvalue weighted by atomic mass is 10.0. The highest BCUT2D eigenvalue weighted by molar-refractivity contribution is 5.94. The van der Waals surface area contributed by atoms with Crippen molar-refractivity contribution in [1.29, 1.82) is 0 Å². The predicted octanol–water partition coefficient (Wildman–Crippen LogP) is 1.40. The molecule has 0 spiro atoms. The maximum absolute atomic E-state index is 11.2. The van der Waals surface area contributed by atoms with Gasteiger partial charge in [-0.2, -0.15) is 0 Å². The molecule has 1 rings (SSSR count). The molecule has 0 heterocycles. The Morgan fingerprint density at radius 2 is 2.10 bits per heavy atom. The Morgan fingerprint density at radius 3 is 2.60 bits per heavy atom. The highest BCUT2D eigenvalue weighted by Crippen LogP contribution is 2.22. The first kappa shape index (κ1) is 16.1. The van der Waals surface area contributed by atoms with Gasteiger partial charge in [0, 0.05) is 25.3 Å². The van der Waals surface area contributed by atoms with Crippen LogP contribution in [-0.2, 0) is 6.54 Å². The van der Waals surface area contributed by atoms with Crippen molar-refractivity contribution in [2.45, 2.75) is 26.4 Å². The monoisotopic (exact) mass is 282 g/mol. The van der Waals surface area contributed by atoms with Crippen LogP contribution in [0.15, 0.2) is 18.2 Å². The number of rotatable bonds is 7. The quantitative estimate of drug-likeness (QED) is 0.514. The van der Waals surface area contributed by atoms with E-state index in [1.54, 1.807) is 6.07 Å². The molecule has 7 heteroatoms. The fourth-order valence-electron chi connectivity index (χ4n) is 1.76. The van der Waals surface area contributed by atoms with Crippen molar-refractivity contribution in [3.8, 4) is 0 Å².